The first-order valence-electron chi connectivity index (χ1n) is 10.3. The van der Waals surface area contributed by atoms with Gasteiger partial charge >= 0.3 is 0 Å². The normalized spacial score (nSPS) is 16.2. The van der Waals surface area contributed by atoms with Crippen LogP contribution in [0.1, 0.15) is 25.8 Å². The fraction of sp³-hybridized carbons (Fsp3) is 0.524. The molecule has 2 aromatic rings. The number of sulfonamides is 1. The molecule has 1 fully saturated rings. The van der Waals surface area contributed by atoms with Gasteiger partial charge in [-0.1, -0.05) is 26.0 Å². The molecule has 0 radical (unpaired) electrons. The highest BCUT2D eigenvalue weighted by Gasteiger charge is 2.32. The molecule has 0 saturated carbocycles. The number of hydrogen-bond acceptors (Lipinski definition) is 6. The highest BCUT2D eigenvalue weighted by Crippen LogP contribution is 2.25. The number of fused-ring (bicyclic) bond motifs is 1. The van der Waals surface area contributed by atoms with Crippen LogP contribution >= 0.6 is 0 Å². The lowest BCUT2D eigenvalue weighted by atomic mass is 10.2. The number of nitrogens with zero attached hydrogens (tertiary/aromatic N) is 3. The second-order valence-electron chi connectivity index (χ2n) is 8.40. The number of amides is 1. The number of piperazine rings is 1. The average Bonchev–Trinajstić information content (AvgIpc) is 2.71. The molecule has 0 N–H and O–H groups in total. The second kappa shape index (κ2) is 9.22. The molecule has 1 aliphatic rings. The third-order valence-electron chi connectivity index (χ3n) is 5.37. The molecule has 170 valence electrons. The summed E-state index contributed by atoms with van der Waals surface area (Å²) >= 11 is 0. The van der Waals surface area contributed by atoms with E-state index in [1.807, 2.05) is 32.9 Å². The van der Waals surface area contributed by atoms with E-state index >= 15 is 0 Å². The van der Waals surface area contributed by atoms with E-state index in [1.54, 1.807) is 18.3 Å². The Hall–Kier alpha value is -2.04. The van der Waals surface area contributed by atoms with Crippen molar-refractivity contribution in [2.75, 3.05) is 37.7 Å². The predicted molar refractivity (Wildman–Crippen MR) is 120 cm³/mol. The van der Waals surface area contributed by atoms with Gasteiger partial charge in [-0.25, -0.2) is 16.8 Å². The average molecular weight is 468 g/mol. The van der Waals surface area contributed by atoms with Crippen LogP contribution in [0.2, 0.25) is 0 Å². The number of para-hydroxylation sites is 1. The molecule has 3 rings (SSSR count). The Morgan fingerprint density at radius 3 is 2.42 bits per heavy atom. The smallest absolute Gasteiger partial charge is 0.245 e. The third kappa shape index (κ3) is 5.61. The monoisotopic (exact) mass is 467 g/mol. The van der Waals surface area contributed by atoms with E-state index in [2.05, 4.69) is 4.98 Å². The van der Waals surface area contributed by atoms with Gasteiger partial charge in [-0.3, -0.25) is 9.78 Å². The molecule has 0 aliphatic carbocycles. The van der Waals surface area contributed by atoms with Crippen molar-refractivity contribution >= 4 is 36.7 Å². The number of carbonyl (C=O) groups excluding carboxylic acids is 1. The molecule has 1 aromatic carbocycles. The van der Waals surface area contributed by atoms with Crippen LogP contribution in [0.4, 0.5) is 0 Å². The number of aromatic nitrogens is 1. The summed E-state index contributed by atoms with van der Waals surface area (Å²) in [6, 6.07) is 6.94. The minimum absolute atomic E-state index is 0.0156. The zero-order valence-electron chi connectivity index (χ0n) is 18.1. The first-order valence-corrected chi connectivity index (χ1v) is 13.6. The van der Waals surface area contributed by atoms with Crippen molar-refractivity contribution in [3.8, 4) is 0 Å². The van der Waals surface area contributed by atoms with E-state index in [-0.39, 0.29) is 42.7 Å². The van der Waals surface area contributed by atoms with Gasteiger partial charge in [0.1, 0.15) is 10.6 Å². The van der Waals surface area contributed by atoms with Gasteiger partial charge in [0, 0.05) is 37.8 Å². The molecule has 1 saturated heterocycles. The zero-order chi connectivity index (χ0) is 22.8. The summed E-state index contributed by atoms with van der Waals surface area (Å²) in [5.74, 6) is -0.772. The second-order valence-corrected chi connectivity index (χ2v) is 12.5. The molecule has 1 aromatic heterocycles. The van der Waals surface area contributed by atoms with Gasteiger partial charge in [0.25, 0.3) is 0 Å². The quantitative estimate of drug-likeness (QED) is 0.615. The Balaban J connectivity index is 1.69. The molecule has 2 heterocycles. The van der Waals surface area contributed by atoms with Gasteiger partial charge < -0.3 is 4.90 Å². The maximum Gasteiger partial charge on any atom is 0.245 e. The summed E-state index contributed by atoms with van der Waals surface area (Å²) in [6.45, 7) is 6.31. The van der Waals surface area contributed by atoms with Gasteiger partial charge in [-0.15, -0.1) is 0 Å². The van der Waals surface area contributed by atoms with E-state index in [1.165, 1.54) is 9.21 Å². The summed E-state index contributed by atoms with van der Waals surface area (Å²) in [5, 5.41) is 0.751. The highest BCUT2D eigenvalue weighted by molar-refractivity contribution is 7.92. The molecule has 0 atom stereocenters. The predicted octanol–water partition coefficient (Wildman–Crippen LogP) is 1.84. The molecular formula is C21H29N3O5S2. The van der Waals surface area contributed by atoms with Crippen LogP contribution in [-0.4, -0.2) is 74.6 Å². The fourth-order valence-corrected chi connectivity index (χ4v) is 6.66. The Morgan fingerprint density at radius 1 is 1.10 bits per heavy atom. The number of carbonyl (C=O) groups is 1. The van der Waals surface area contributed by atoms with Gasteiger partial charge in [0.2, 0.25) is 15.9 Å². The Labute approximate surface area is 184 Å². The van der Waals surface area contributed by atoms with Crippen LogP contribution in [0.15, 0.2) is 35.4 Å². The first kappa shape index (κ1) is 23.6. The van der Waals surface area contributed by atoms with Crippen molar-refractivity contribution in [2.45, 2.75) is 32.1 Å². The highest BCUT2D eigenvalue weighted by atomic mass is 32.2. The Morgan fingerprint density at radius 2 is 1.77 bits per heavy atom. The van der Waals surface area contributed by atoms with Crippen molar-refractivity contribution in [1.82, 2.24) is 14.2 Å². The summed E-state index contributed by atoms with van der Waals surface area (Å²) in [4.78, 5) is 18.4. The molecule has 0 unspecified atom stereocenters. The van der Waals surface area contributed by atoms with Crippen LogP contribution in [0, 0.1) is 12.8 Å². The summed E-state index contributed by atoms with van der Waals surface area (Å²) in [5.41, 5.74) is 1.36. The van der Waals surface area contributed by atoms with Crippen molar-refractivity contribution in [3.63, 3.8) is 0 Å². The van der Waals surface area contributed by atoms with E-state index in [4.69, 9.17) is 0 Å². The third-order valence-corrected chi connectivity index (χ3v) is 8.84. The van der Waals surface area contributed by atoms with E-state index in [0.29, 0.717) is 11.9 Å². The van der Waals surface area contributed by atoms with Gasteiger partial charge in [0.15, 0.2) is 9.84 Å². The van der Waals surface area contributed by atoms with Crippen LogP contribution in [-0.2, 0) is 24.7 Å². The maximum absolute atomic E-state index is 13.2. The van der Waals surface area contributed by atoms with Crippen molar-refractivity contribution < 1.29 is 21.6 Å². The van der Waals surface area contributed by atoms with Crippen molar-refractivity contribution in [1.29, 1.82) is 0 Å². The largest absolute Gasteiger partial charge is 0.339 e. The molecule has 1 aliphatic heterocycles. The minimum atomic E-state index is -3.79. The lowest BCUT2D eigenvalue weighted by molar-refractivity contribution is -0.129. The zero-order valence-corrected chi connectivity index (χ0v) is 19.7. The summed E-state index contributed by atoms with van der Waals surface area (Å²) < 4.78 is 52.2. The van der Waals surface area contributed by atoms with Crippen LogP contribution in [0.25, 0.3) is 10.9 Å². The minimum Gasteiger partial charge on any atom is -0.339 e. The van der Waals surface area contributed by atoms with Gasteiger partial charge in [-0.05, 0) is 37.0 Å². The lowest BCUT2D eigenvalue weighted by Crippen LogP contribution is -2.51. The van der Waals surface area contributed by atoms with Gasteiger partial charge in [0.05, 0.1) is 11.3 Å². The van der Waals surface area contributed by atoms with E-state index < -0.39 is 31.5 Å². The van der Waals surface area contributed by atoms with Crippen molar-refractivity contribution in [2.24, 2.45) is 5.92 Å². The van der Waals surface area contributed by atoms with E-state index in [0.717, 1.165) is 10.9 Å². The number of hydrogen-bond donors (Lipinski definition) is 0. The van der Waals surface area contributed by atoms with E-state index in [9.17, 15) is 21.6 Å². The fourth-order valence-electron chi connectivity index (χ4n) is 3.53. The topological polar surface area (TPSA) is 105 Å². The molecule has 0 spiro atoms. The SMILES string of the molecule is Cc1cnc2c(S(=O)(=O)N3CCN(C(=O)CS(=O)(=O)CCC(C)C)CC3)cccc2c1. The van der Waals surface area contributed by atoms with Crippen LogP contribution in [0.5, 0.6) is 0 Å². The molecular weight excluding hydrogens is 438 g/mol. The number of pyridine rings is 1. The molecule has 8 nitrogen and oxygen atoms in total. The Bertz CT molecular complexity index is 1170. The number of aryl methyl sites for hydroxylation is 1. The van der Waals surface area contributed by atoms with Crippen molar-refractivity contribution in [3.05, 3.63) is 36.0 Å². The molecule has 31 heavy (non-hydrogen) atoms. The number of rotatable bonds is 7. The first-order chi connectivity index (χ1) is 14.5. The molecule has 1 amide bonds. The molecule has 10 heteroatoms. The van der Waals surface area contributed by atoms with Gasteiger partial charge in [-0.2, -0.15) is 4.31 Å². The maximum atomic E-state index is 13.2. The number of benzene rings is 1. The van der Waals surface area contributed by atoms with Crippen LogP contribution < -0.4 is 0 Å². The van der Waals surface area contributed by atoms with Crippen LogP contribution in [0.3, 0.4) is 0 Å². The summed E-state index contributed by atoms with van der Waals surface area (Å²) in [6.07, 6.45) is 2.15. The lowest BCUT2D eigenvalue weighted by Gasteiger charge is -2.34. The standard InChI is InChI=1S/C21H29N3O5S2/c1-16(2)7-12-30(26,27)15-20(25)23-8-10-24(11-9-23)31(28,29)19-6-4-5-18-13-17(3)14-22-21(18)19/h4-6,13-14,16H,7-12,15H2,1-3H3. The summed E-state index contributed by atoms with van der Waals surface area (Å²) in [7, 11) is -7.26. The Kier molecular flexibility index (Phi) is 7.02. The number of sulfone groups is 1. The molecule has 0 bridgehead atoms.